The number of amides is 1. The van der Waals surface area contributed by atoms with E-state index in [1.165, 1.54) is 57.8 Å². The molecule has 0 aromatic heterocycles. The van der Waals surface area contributed by atoms with Crippen molar-refractivity contribution in [1.29, 1.82) is 0 Å². The molecule has 5 nitrogen and oxygen atoms in total. The van der Waals surface area contributed by atoms with Crippen LogP contribution in [-0.2, 0) is 9.59 Å². The molecular weight excluding hydrogens is 388 g/mol. The molecule has 0 spiro atoms. The summed E-state index contributed by atoms with van der Waals surface area (Å²) in [4.78, 5) is 22.3. The van der Waals surface area contributed by atoms with E-state index in [0.717, 1.165) is 31.1 Å². The number of carboxylic acid groups (broad SMARTS) is 1. The lowest BCUT2D eigenvalue weighted by molar-refractivity contribution is -0.137. The zero-order chi connectivity index (χ0) is 23.5. The molecule has 5 heteroatoms. The number of carboxylic acids is 1. The molecule has 0 aliphatic rings. The van der Waals surface area contributed by atoms with Gasteiger partial charge in [-0.15, -0.1) is 0 Å². The molecule has 0 heterocycles. The average molecular weight is 441 g/mol. The first-order chi connectivity index (χ1) is 14.7. The summed E-state index contributed by atoms with van der Waals surface area (Å²) in [7, 11) is 0. The minimum absolute atomic E-state index is 0.132. The summed E-state index contributed by atoms with van der Waals surface area (Å²) in [6, 6.07) is 0. The van der Waals surface area contributed by atoms with Gasteiger partial charge in [0, 0.05) is 25.9 Å². The summed E-state index contributed by atoms with van der Waals surface area (Å²) < 4.78 is 0. The quantitative estimate of drug-likeness (QED) is 0.187. The summed E-state index contributed by atoms with van der Waals surface area (Å²) in [5.41, 5.74) is 5.40. The van der Waals surface area contributed by atoms with Crippen LogP contribution in [0.5, 0.6) is 0 Å². The SMILES string of the molecule is CC(CCCCC(C)CCCC(C)CCC(=O)NCCN)CCCC(C)CCC(=O)O. The lowest BCUT2D eigenvalue weighted by atomic mass is 9.90. The van der Waals surface area contributed by atoms with Gasteiger partial charge in [-0.25, -0.2) is 0 Å². The van der Waals surface area contributed by atoms with Crippen LogP contribution in [0, 0.1) is 23.7 Å². The fraction of sp³-hybridized carbons (Fsp3) is 0.923. The van der Waals surface area contributed by atoms with Crippen LogP contribution in [0.2, 0.25) is 0 Å². The molecule has 0 aromatic carbocycles. The summed E-state index contributed by atoms with van der Waals surface area (Å²) in [6.45, 7) is 10.3. The van der Waals surface area contributed by atoms with Crippen molar-refractivity contribution >= 4 is 11.9 Å². The van der Waals surface area contributed by atoms with Gasteiger partial charge in [0.05, 0.1) is 0 Å². The van der Waals surface area contributed by atoms with Crippen molar-refractivity contribution in [3.05, 3.63) is 0 Å². The normalized spacial score (nSPS) is 15.3. The molecule has 1 amide bonds. The Balaban J connectivity index is 3.60. The number of nitrogens with one attached hydrogen (secondary N) is 1. The van der Waals surface area contributed by atoms with E-state index < -0.39 is 5.97 Å². The number of hydrogen-bond donors (Lipinski definition) is 3. The maximum atomic E-state index is 11.6. The highest BCUT2D eigenvalue weighted by Gasteiger charge is 2.10. The van der Waals surface area contributed by atoms with Crippen LogP contribution in [0.25, 0.3) is 0 Å². The molecule has 0 aromatic rings. The Labute approximate surface area is 192 Å². The van der Waals surface area contributed by atoms with Gasteiger partial charge in [-0.3, -0.25) is 9.59 Å². The van der Waals surface area contributed by atoms with E-state index in [-0.39, 0.29) is 5.91 Å². The van der Waals surface area contributed by atoms with Gasteiger partial charge >= 0.3 is 5.97 Å². The maximum absolute atomic E-state index is 11.6. The van der Waals surface area contributed by atoms with E-state index in [1.807, 2.05) is 0 Å². The van der Waals surface area contributed by atoms with Gasteiger partial charge in [0.2, 0.25) is 5.91 Å². The molecule has 31 heavy (non-hydrogen) atoms. The first-order valence-corrected chi connectivity index (χ1v) is 12.9. The first-order valence-electron chi connectivity index (χ1n) is 12.9. The molecule has 0 fully saturated rings. The predicted molar refractivity (Wildman–Crippen MR) is 131 cm³/mol. The van der Waals surface area contributed by atoms with Crippen LogP contribution < -0.4 is 11.1 Å². The molecule has 0 radical (unpaired) electrons. The van der Waals surface area contributed by atoms with Crippen LogP contribution in [0.3, 0.4) is 0 Å². The number of rotatable bonds is 21. The third kappa shape index (κ3) is 20.6. The highest BCUT2D eigenvalue weighted by molar-refractivity contribution is 5.75. The highest BCUT2D eigenvalue weighted by atomic mass is 16.4. The Hall–Kier alpha value is -1.10. The second kappa shape index (κ2) is 19.6. The molecule has 0 aliphatic carbocycles. The minimum Gasteiger partial charge on any atom is -0.481 e. The first kappa shape index (κ1) is 29.9. The Morgan fingerprint density at radius 3 is 1.48 bits per heavy atom. The topological polar surface area (TPSA) is 92.4 Å². The van der Waals surface area contributed by atoms with Gasteiger partial charge in [-0.2, -0.15) is 0 Å². The van der Waals surface area contributed by atoms with Crippen LogP contribution in [0.4, 0.5) is 0 Å². The summed E-state index contributed by atoms with van der Waals surface area (Å²) >= 11 is 0. The molecule has 4 atom stereocenters. The van der Waals surface area contributed by atoms with Crippen LogP contribution in [0.15, 0.2) is 0 Å². The van der Waals surface area contributed by atoms with Gasteiger partial charge in [-0.05, 0) is 36.5 Å². The van der Waals surface area contributed by atoms with E-state index >= 15 is 0 Å². The van der Waals surface area contributed by atoms with Crippen LogP contribution in [0.1, 0.15) is 118 Å². The molecule has 4 unspecified atom stereocenters. The molecule has 184 valence electrons. The van der Waals surface area contributed by atoms with Gasteiger partial charge in [0.25, 0.3) is 0 Å². The molecule has 0 saturated carbocycles. The monoisotopic (exact) mass is 440 g/mol. The molecule has 0 saturated heterocycles. The van der Waals surface area contributed by atoms with E-state index in [1.54, 1.807) is 0 Å². The lowest BCUT2D eigenvalue weighted by Gasteiger charge is -2.16. The average Bonchev–Trinajstić information content (AvgIpc) is 2.72. The van der Waals surface area contributed by atoms with E-state index in [4.69, 9.17) is 10.8 Å². The van der Waals surface area contributed by atoms with Gasteiger partial charge in [0.15, 0.2) is 0 Å². The minimum atomic E-state index is -0.674. The molecule has 0 bridgehead atoms. The molecule has 0 aliphatic heterocycles. The van der Waals surface area contributed by atoms with Crippen molar-refractivity contribution in [3.63, 3.8) is 0 Å². The van der Waals surface area contributed by atoms with E-state index in [9.17, 15) is 9.59 Å². The Kier molecular flexibility index (Phi) is 18.9. The number of carbonyl (C=O) groups excluding carboxylic acids is 1. The number of nitrogens with two attached hydrogens (primary N) is 1. The summed E-state index contributed by atoms with van der Waals surface area (Å²) in [6.07, 6.45) is 15.5. The van der Waals surface area contributed by atoms with Gasteiger partial charge < -0.3 is 16.2 Å². The van der Waals surface area contributed by atoms with Crippen molar-refractivity contribution in [1.82, 2.24) is 5.32 Å². The highest BCUT2D eigenvalue weighted by Crippen LogP contribution is 2.23. The van der Waals surface area contributed by atoms with Crippen molar-refractivity contribution < 1.29 is 14.7 Å². The number of unbranched alkanes of at least 4 members (excludes halogenated alkanes) is 1. The number of carbonyl (C=O) groups is 2. The zero-order valence-corrected chi connectivity index (χ0v) is 21.0. The zero-order valence-electron chi connectivity index (χ0n) is 21.0. The fourth-order valence-electron chi connectivity index (χ4n) is 4.24. The molecule has 4 N–H and O–H groups in total. The summed E-state index contributed by atoms with van der Waals surface area (Å²) in [5, 5.41) is 11.6. The largest absolute Gasteiger partial charge is 0.481 e. The summed E-state index contributed by atoms with van der Waals surface area (Å²) in [5.74, 6) is 2.18. The Bertz CT molecular complexity index is 456. The van der Waals surface area contributed by atoms with E-state index in [2.05, 4.69) is 33.0 Å². The Morgan fingerprint density at radius 1 is 0.677 bits per heavy atom. The van der Waals surface area contributed by atoms with E-state index in [0.29, 0.717) is 37.8 Å². The second-order valence-electron chi connectivity index (χ2n) is 10.2. The Morgan fingerprint density at radius 2 is 1.06 bits per heavy atom. The number of hydrogen-bond acceptors (Lipinski definition) is 3. The second-order valence-corrected chi connectivity index (χ2v) is 10.2. The smallest absolute Gasteiger partial charge is 0.303 e. The number of aliphatic carboxylic acids is 1. The molecule has 0 rings (SSSR count). The van der Waals surface area contributed by atoms with Crippen molar-refractivity contribution in [2.45, 2.75) is 118 Å². The fourth-order valence-corrected chi connectivity index (χ4v) is 4.24. The maximum Gasteiger partial charge on any atom is 0.303 e. The third-order valence-corrected chi connectivity index (χ3v) is 6.61. The van der Waals surface area contributed by atoms with Crippen LogP contribution in [-0.4, -0.2) is 30.1 Å². The van der Waals surface area contributed by atoms with Gasteiger partial charge in [-0.1, -0.05) is 91.9 Å². The van der Waals surface area contributed by atoms with Crippen molar-refractivity contribution in [2.24, 2.45) is 29.4 Å². The van der Waals surface area contributed by atoms with Crippen molar-refractivity contribution in [2.75, 3.05) is 13.1 Å². The lowest BCUT2D eigenvalue weighted by Crippen LogP contribution is -2.29. The van der Waals surface area contributed by atoms with Gasteiger partial charge in [0.1, 0.15) is 0 Å². The standard InChI is InChI=1S/C26H52N2O3/c1-21(11-7-13-23(3)15-17-25(29)28-20-19-27)9-5-6-10-22(2)12-8-14-24(4)16-18-26(30)31/h21-24H,5-20,27H2,1-4H3,(H,28,29)(H,30,31). The van der Waals surface area contributed by atoms with Crippen molar-refractivity contribution in [3.8, 4) is 0 Å². The van der Waals surface area contributed by atoms with Crippen LogP contribution >= 0.6 is 0 Å². The molecular formula is C26H52N2O3. The predicted octanol–water partition coefficient (Wildman–Crippen LogP) is 6.15. The third-order valence-electron chi connectivity index (χ3n) is 6.61.